The van der Waals surface area contributed by atoms with Gasteiger partial charge in [-0.1, -0.05) is 6.07 Å². The van der Waals surface area contributed by atoms with E-state index in [1.807, 2.05) is 45.9 Å². The lowest BCUT2D eigenvalue weighted by Gasteiger charge is -2.13. The maximum atomic E-state index is 12.3. The van der Waals surface area contributed by atoms with Gasteiger partial charge in [0.15, 0.2) is 23.0 Å². The van der Waals surface area contributed by atoms with Gasteiger partial charge < -0.3 is 29.6 Å². The first-order valence-corrected chi connectivity index (χ1v) is 11.9. The first-order chi connectivity index (χ1) is 16.1. The molecule has 0 saturated heterocycles. The van der Waals surface area contributed by atoms with Gasteiger partial charge in [-0.3, -0.25) is 4.79 Å². The second-order valence-electron chi connectivity index (χ2n) is 7.33. The molecule has 0 fully saturated rings. The molecule has 0 aliphatic carbocycles. The van der Waals surface area contributed by atoms with Crippen LogP contribution in [0.2, 0.25) is 0 Å². The summed E-state index contributed by atoms with van der Waals surface area (Å²) in [5, 5.41) is 6.26. The molecule has 2 aromatic rings. The molecule has 0 atom stereocenters. The van der Waals surface area contributed by atoms with Crippen LogP contribution < -0.4 is 29.6 Å². The summed E-state index contributed by atoms with van der Waals surface area (Å²) in [5.41, 5.74) is 1.91. The number of hydrogen-bond donors (Lipinski definition) is 2. The highest BCUT2D eigenvalue weighted by Crippen LogP contribution is 2.31. The summed E-state index contributed by atoms with van der Waals surface area (Å²) in [6, 6.07) is 11.5. The number of carbonyl (C=O) groups excluding carboxylic acids is 1. The third-order valence-electron chi connectivity index (χ3n) is 4.78. The Morgan fingerprint density at radius 2 is 1.30 bits per heavy atom. The van der Waals surface area contributed by atoms with Gasteiger partial charge in [-0.15, -0.1) is 0 Å². The van der Waals surface area contributed by atoms with E-state index in [9.17, 15) is 4.79 Å². The molecule has 182 valence electrons. The zero-order chi connectivity index (χ0) is 23.9. The summed E-state index contributed by atoms with van der Waals surface area (Å²) in [6.45, 7) is 11.5. The summed E-state index contributed by atoms with van der Waals surface area (Å²) in [5.74, 6) is 2.86. The molecule has 7 nitrogen and oxygen atoms in total. The van der Waals surface area contributed by atoms with Crippen LogP contribution in [0, 0.1) is 0 Å². The van der Waals surface area contributed by atoms with Crippen LogP contribution in [-0.4, -0.2) is 45.4 Å². The van der Waals surface area contributed by atoms with Gasteiger partial charge in [-0.05, 0) is 76.9 Å². The first kappa shape index (κ1) is 26.3. The molecule has 0 aliphatic heterocycles. The Labute approximate surface area is 197 Å². The van der Waals surface area contributed by atoms with Crippen LogP contribution in [0.25, 0.3) is 0 Å². The van der Waals surface area contributed by atoms with Crippen LogP contribution in [-0.2, 0) is 11.2 Å². The minimum atomic E-state index is -0.0398. The van der Waals surface area contributed by atoms with Crippen molar-refractivity contribution in [1.29, 1.82) is 0 Å². The van der Waals surface area contributed by atoms with E-state index in [4.69, 9.17) is 18.9 Å². The minimum Gasteiger partial charge on any atom is -0.490 e. The van der Waals surface area contributed by atoms with Crippen LogP contribution in [0.5, 0.6) is 23.0 Å². The van der Waals surface area contributed by atoms with Crippen molar-refractivity contribution in [2.45, 2.75) is 47.0 Å². The molecule has 1 amide bonds. The van der Waals surface area contributed by atoms with Crippen molar-refractivity contribution in [3.8, 4) is 23.0 Å². The van der Waals surface area contributed by atoms with Gasteiger partial charge in [0, 0.05) is 24.7 Å². The SMILES string of the molecule is CCOc1ccc(CCCNCCC(=O)Nc2ccc(OCC)c(OCC)c2)cc1OCC. The highest BCUT2D eigenvalue weighted by Gasteiger charge is 2.09. The van der Waals surface area contributed by atoms with Gasteiger partial charge in [0.2, 0.25) is 5.91 Å². The van der Waals surface area contributed by atoms with Crippen molar-refractivity contribution >= 4 is 11.6 Å². The fourth-order valence-electron chi connectivity index (χ4n) is 3.35. The van der Waals surface area contributed by atoms with Gasteiger partial charge in [0.25, 0.3) is 0 Å². The van der Waals surface area contributed by atoms with E-state index >= 15 is 0 Å². The number of rotatable bonds is 16. The molecule has 0 radical (unpaired) electrons. The predicted octanol–water partition coefficient (Wildman–Crippen LogP) is 4.83. The van der Waals surface area contributed by atoms with Crippen LogP contribution in [0.1, 0.15) is 46.1 Å². The lowest BCUT2D eigenvalue weighted by Crippen LogP contribution is -2.23. The molecular weight excluding hydrogens is 420 g/mol. The van der Waals surface area contributed by atoms with Crippen molar-refractivity contribution in [3.05, 3.63) is 42.0 Å². The number of carbonyl (C=O) groups is 1. The van der Waals surface area contributed by atoms with E-state index in [2.05, 4.69) is 22.8 Å². The summed E-state index contributed by atoms with van der Waals surface area (Å²) < 4.78 is 22.5. The first-order valence-electron chi connectivity index (χ1n) is 11.9. The van der Waals surface area contributed by atoms with Gasteiger partial charge in [0.05, 0.1) is 26.4 Å². The molecule has 2 N–H and O–H groups in total. The average Bonchev–Trinajstić information content (AvgIpc) is 2.80. The highest BCUT2D eigenvalue weighted by atomic mass is 16.5. The summed E-state index contributed by atoms with van der Waals surface area (Å²) >= 11 is 0. The molecule has 0 aromatic heterocycles. The molecule has 0 aliphatic rings. The Morgan fingerprint density at radius 3 is 1.94 bits per heavy atom. The normalized spacial score (nSPS) is 10.5. The molecule has 0 unspecified atom stereocenters. The Balaban J connectivity index is 1.71. The Morgan fingerprint density at radius 1 is 0.727 bits per heavy atom. The molecule has 0 spiro atoms. The number of hydrogen-bond acceptors (Lipinski definition) is 6. The summed E-state index contributed by atoms with van der Waals surface area (Å²) in [7, 11) is 0. The largest absolute Gasteiger partial charge is 0.490 e. The lowest BCUT2D eigenvalue weighted by molar-refractivity contribution is -0.116. The minimum absolute atomic E-state index is 0.0398. The Bertz CT molecular complexity index is 857. The summed E-state index contributed by atoms with van der Waals surface area (Å²) in [4.78, 5) is 12.3. The molecule has 0 saturated carbocycles. The molecular formula is C26H38N2O5. The monoisotopic (exact) mass is 458 g/mol. The van der Waals surface area contributed by atoms with E-state index in [0.717, 1.165) is 30.9 Å². The quantitative estimate of drug-likeness (QED) is 0.351. The van der Waals surface area contributed by atoms with E-state index in [1.165, 1.54) is 5.56 Å². The Hall–Kier alpha value is -2.93. The van der Waals surface area contributed by atoms with Crippen LogP contribution in [0.15, 0.2) is 36.4 Å². The maximum absolute atomic E-state index is 12.3. The van der Waals surface area contributed by atoms with Crippen molar-refractivity contribution in [3.63, 3.8) is 0 Å². The summed E-state index contributed by atoms with van der Waals surface area (Å²) in [6.07, 6.45) is 2.30. The average molecular weight is 459 g/mol. The van der Waals surface area contributed by atoms with Crippen molar-refractivity contribution < 1.29 is 23.7 Å². The molecule has 33 heavy (non-hydrogen) atoms. The molecule has 2 rings (SSSR count). The number of nitrogens with one attached hydrogen (secondary N) is 2. The van der Waals surface area contributed by atoms with Gasteiger partial charge in [-0.2, -0.15) is 0 Å². The van der Waals surface area contributed by atoms with Crippen LogP contribution >= 0.6 is 0 Å². The van der Waals surface area contributed by atoms with Crippen molar-refractivity contribution in [2.24, 2.45) is 0 Å². The van der Waals surface area contributed by atoms with Crippen molar-refractivity contribution in [2.75, 3.05) is 44.8 Å². The van der Waals surface area contributed by atoms with E-state index in [1.54, 1.807) is 6.07 Å². The third kappa shape index (κ3) is 9.22. The zero-order valence-corrected chi connectivity index (χ0v) is 20.4. The van der Waals surface area contributed by atoms with Crippen LogP contribution in [0.3, 0.4) is 0 Å². The number of amides is 1. The lowest BCUT2D eigenvalue weighted by atomic mass is 10.1. The number of anilines is 1. The molecule has 7 heteroatoms. The smallest absolute Gasteiger partial charge is 0.225 e. The predicted molar refractivity (Wildman–Crippen MR) is 132 cm³/mol. The molecule has 0 bridgehead atoms. The van der Waals surface area contributed by atoms with Gasteiger partial charge >= 0.3 is 0 Å². The highest BCUT2D eigenvalue weighted by molar-refractivity contribution is 5.91. The molecule has 2 aromatic carbocycles. The van der Waals surface area contributed by atoms with E-state index in [-0.39, 0.29) is 5.91 Å². The number of aryl methyl sites for hydroxylation is 1. The van der Waals surface area contributed by atoms with Crippen molar-refractivity contribution in [1.82, 2.24) is 5.32 Å². The third-order valence-corrected chi connectivity index (χ3v) is 4.78. The van der Waals surface area contributed by atoms with Gasteiger partial charge in [0.1, 0.15) is 0 Å². The van der Waals surface area contributed by atoms with E-state index in [0.29, 0.717) is 56.6 Å². The second kappa shape index (κ2) is 15.0. The fourth-order valence-corrected chi connectivity index (χ4v) is 3.35. The number of ether oxygens (including phenoxy) is 4. The number of benzene rings is 2. The zero-order valence-electron chi connectivity index (χ0n) is 20.4. The fraction of sp³-hybridized carbons (Fsp3) is 0.500. The topological polar surface area (TPSA) is 78.1 Å². The molecule has 0 heterocycles. The maximum Gasteiger partial charge on any atom is 0.225 e. The standard InChI is InChI=1S/C26H38N2O5/c1-5-30-22-13-11-20(18-24(22)32-7-3)10-9-16-27-17-15-26(29)28-21-12-14-23(31-6-2)25(19-21)33-8-4/h11-14,18-19,27H,5-10,15-17H2,1-4H3,(H,28,29). The van der Waals surface area contributed by atoms with Crippen LogP contribution in [0.4, 0.5) is 5.69 Å². The van der Waals surface area contributed by atoms with E-state index < -0.39 is 0 Å². The van der Waals surface area contributed by atoms with Gasteiger partial charge in [-0.25, -0.2) is 0 Å². The Kier molecular flexibility index (Phi) is 12.0. The second-order valence-corrected chi connectivity index (χ2v) is 7.33.